The molecule has 4 N–H and O–H groups in total. The van der Waals surface area contributed by atoms with Crippen molar-refractivity contribution in [3.63, 3.8) is 0 Å². The van der Waals surface area contributed by atoms with Crippen molar-refractivity contribution in [3.05, 3.63) is 24.3 Å². The lowest BCUT2D eigenvalue weighted by Crippen LogP contribution is -2.63. The molecule has 11 amide bonds. The third-order valence-electron chi connectivity index (χ3n) is 17.2. The van der Waals surface area contributed by atoms with E-state index in [0.29, 0.717) is 12.0 Å². The molecular formula is C66H115N11O13. The van der Waals surface area contributed by atoms with Gasteiger partial charge in [0, 0.05) is 55.9 Å². The highest BCUT2D eigenvalue weighted by Crippen LogP contribution is 2.27. The van der Waals surface area contributed by atoms with Crippen LogP contribution in [0, 0.1) is 41.4 Å². The van der Waals surface area contributed by atoms with E-state index in [1.54, 1.807) is 54.5 Å². The molecule has 0 unspecified atom stereocenters. The van der Waals surface area contributed by atoms with Crippen LogP contribution in [0.15, 0.2) is 24.3 Å². The van der Waals surface area contributed by atoms with Gasteiger partial charge in [-0.25, -0.2) is 0 Å². The number of nitrogens with zero attached hydrogens (tertiary/aromatic N) is 8. The number of aliphatic hydroxyl groups excluding tert-OH is 1. The molecule has 24 nitrogen and oxygen atoms in total. The number of likely N-dealkylation sites (N-methyl/N-ethyl adjacent to an activating group) is 7. The first-order chi connectivity index (χ1) is 41.7. The van der Waals surface area contributed by atoms with Crippen LogP contribution in [-0.4, -0.2) is 251 Å². The largest absolute Gasteiger partial charge is 0.390 e. The molecule has 0 spiro atoms. The van der Waals surface area contributed by atoms with Gasteiger partial charge >= 0.3 is 0 Å². The zero-order chi connectivity index (χ0) is 69.3. The molecule has 0 aliphatic carbocycles. The molecule has 512 valence electrons. The summed E-state index contributed by atoms with van der Waals surface area (Å²) in [6, 6.07) is -12.7. The zero-order valence-corrected chi connectivity index (χ0v) is 58.7. The molecule has 0 aromatic carbocycles. The normalized spacial score (nSPS) is 27.1. The second-order valence-electron chi connectivity index (χ2n) is 27.6. The zero-order valence-electron chi connectivity index (χ0n) is 58.7. The first-order valence-corrected chi connectivity index (χ1v) is 32.3. The van der Waals surface area contributed by atoms with Gasteiger partial charge in [-0.15, -0.1) is 0 Å². The first-order valence-electron chi connectivity index (χ1n) is 32.3. The Morgan fingerprint density at radius 2 is 0.989 bits per heavy atom. The van der Waals surface area contributed by atoms with Crippen LogP contribution in [0.3, 0.4) is 0 Å². The molecular weight excluding hydrogens is 1150 g/mol. The number of carbonyl (C=O) groups is 11. The molecule has 12 atom stereocenters. The van der Waals surface area contributed by atoms with Gasteiger partial charge in [0.2, 0.25) is 65.0 Å². The fourth-order valence-electron chi connectivity index (χ4n) is 11.7. The number of aliphatic hydroxyl groups is 1. The second-order valence-corrected chi connectivity index (χ2v) is 27.6. The number of rotatable bonds is 15. The monoisotopic (exact) mass is 1270 g/mol. The van der Waals surface area contributed by atoms with Crippen LogP contribution in [-0.2, 0) is 57.5 Å². The van der Waals surface area contributed by atoms with Crippen LogP contribution < -0.4 is 16.0 Å². The Morgan fingerprint density at radius 1 is 0.533 bits per heavy atom. The summed E-state index contributed by atoms with van der Waals surface area (Å²) < 4.78 is 5.94. The third-order valence-corrected chi connectivity index (χ3v) is 17.2. The average Bonchev–Trinajstić information content (AvgIpc) is 1.23. The summed E-state index contributed by atoms with van der Waals surface area (Å²) in [6.45, 7) is 31.6. The van der Waals surface area contributed by atoms with E-state index >= 15 is 19.2 Å². The van der Waals surface area contributed by atoms with Crippen molar-refractivity contribution >= 4 is 65.0 Å². The van der Waals surface area contributed by atoms with E-state index in [0.717, 1.165) is 9.80 Å². The van der Waals surface area contributed by atoms with Gasteiger partial charge in [0.05, 0.1) is 25.9 Å². The molecule has 2 heterocycles. The van der Waals surface area contributed by atoms with E-state index in [1.165, 1.54) is 85.7 Å². The van der Waals surface area contributed by atoms with Crippen molar-refractivity contribution in [1.82, 2.24) is 55.1 Å². The first kappa shape index (κ1) is 79.7. The Kier molecular flexibility index (Phi) is 31.8. The fraction of sp³-hybridized carbons (Fsp3) is 0.773. The summed E-state index contributed by atoms with van der Waals surface area (Å²) in [5.74, 6) is -9.91. The number of hydrogen-bond donors (Lipinski definition) is 4. The summed E-state index contributed by atoms with van der Waals surface area (Å²) in [6.07, 6.45) is 2.93. The van der Waals surface area contributed by atoms with Gasteiger partial charge < -0.3 is 65.0 Å². The predicted molar refractivity (Wildman–Crippen MR) is 346 cm³/mol. The maximum absolute atomic E-state index is 15.3. The van der Waals surface area contributed by atoms with Crippen LogP contribution in [0.1, 0.15) is 149 Å². The minimum Gasteiger partial charge on any atom is -0.390 e. The van der Waals surface area contributed by atoms with Crippen molar-refractivity contribution < 1.29 is 62.6 Å². The van der Waals surface area contributed by atoms with E-state index in [9.17, 15) is 38.7 Å². The molecule has 2 aliphatic heterocycles. The number of amides is 11. The number of allylic oxidation sites excluding steroid dienone is 2. The Hall–Kier alpha value is -6.43. The van der Waals surface area contributed by atoms with E-state index in [1.807, 2.05) is 61.5 Å². The minimum atomic E-state index is -1.62. The van der Waals surface area contributed by atoms with Gasteiger partial charge in [0.25, 0.3) is 0 Å². The summed E-state index contributed by atoms with van der Waals surface area (Å²) >= 11 is 0. The molecule has 2 aliphatic rings. The number of carbonyl (C=O) groups excluding carboxylic acids is 11. The molecule has 24 heteroatoms. The summed E-state index contributed by atoms with van der Waals surface area (Å²) in [4.78, 5) is 173. The fourth-order valence-corrected chi connectivity index (χ4v) is 11.7. The van der Waals surface area contributed by atoms with E-state index in [4.69, 9.17) is 4.74 Å². The molecule has 0 aromatic rings. The second kappa shape index (κ2) is 36.0. The average molecular weight is 1270 g/mol. The highest BCUT2D eigenvalue weighted by Gasteiger charge is 2.47. The Labute approximate surface area is 537 Å². The number of ether oxygens (including phenoxy) is 1. The SMILES string of the molecule is C=C1COC[C@@H]2C(=O)N(C)[C@@H](CC(C)C)C(=O)N(C)[C@@H](CC(C)C)C(=O)N(C)[C@@H](C(C)C)C(=O)N(C)[C@@H]([C@H](O)[C@H](C)C/C=C/C)C(=O)N[C@@H](CC)C(=O)N(C)CC(=O)N(C)[C@@H](CC(C)C)C(=O)N[C@@H](C(C)C)C(=O)N(C)[C@@H](CC(C)C)C(=O)N[C@@H](C)C(=O)N2C1. The standard InChI is InChI=1S/C66H115N11O13/c1-25-27-28-44(16)56(79)55-59(82)68-46(26-2)61(84)70(18)34-52(78)71(19)47(29-37(3)4)58(81)69-53(41(11)12)65(88)72(20)48(30-38(5)6)57(80)67-45(17)60(83)77-33-43(15)35-90-36-51(77)64(87)74(22)49(31-39(7)8)62(85)73(21)50(32-40(9)10)63(86)75(23)54(42(13)14)66(89)76(55)24/h25,27,37-42,44-51,53-56,79H,15,26,28-36H2,1-14,16-24H3,(H,67,80)(H,68,82)(H,69,81)/b27-25+/t44-,45+,46+,47+,48+,49+,50+,51-,53+,54+,55+,56-/m1/s1. The molecule has 0 bridgehead atoms. The van der Waals surface area contributed by atoms with Gasteiger partial charge in [-0.2, -0.15) is 0 Å². The van der Waals surface area contributed by atoms with Crippen molar-refractivity contribution in [2.75, 3.05) is 75.6 Å². The molecule has 0 saturated carbocycles. The topological polar surface area (TPSA) is 279 Å². The third kappa shape index (κ3) is 21.3. The lowest BCUT2D eigenvalue weighted by atomic mass is 9.91. The molecule has 2 fully saturated rings. The van der Waals surface area contributed by atoms with Crippen molar-refractivity contribution in [1.29, 1.82) is 0 Å². The van der Waals surface area contributed by atoms with Gasteiger partial charge in [-0.3, -0.25) is 52.7 Å². The smallest absolute Gasteiger partial charge is 0.248 e. The molecule has 90 heavy (non-hydrogen) atoms. The highest BCUT2D eigenvalue weighted by atomic mass is 16.5. The molecule has 0 radical (unpaired) electrons. The maximum atomic E-state index is 15.3. The van der Waals surface area contributed by atoms with Gasteiger partial charge in [-0.05, 0) is 99.4 Å². The number of hydrogen-bond acceptors (Lipinski definition) is 13. The Bertz CT molecular complexity index is 2540. The van der Waals surface area contributed by atoms with Gasteiger partial charge in [-0.1, -0.05) is 116 Å². The van der Waals surface area contributed by atoms with E-state index < -0.39 is 156 Å². The van der Waals surface area contributed by atoms with Crippen molar-refractivity contribution in [3.8, 4) is 0 Å². The van der Waals surface area contributed by atoms with E-state index in [2.05, 4.69) is 22.5 Å². The Balaban J connectivity index is 3.08. The van der Waals surface area contributed by atoms with Crippen molar-refractivity contribution in [2.45, 2.75) is 216 Å². The van der Waals surface area contributed by atoms with Gasteiger partial charge in [0.15, 0.2) is 0 Å². The van der Waals surface area contributed by atoms with Crippen LogP contribution >= 0.6 is 0 Å². The lowest BCUT2D eigenvalue weighted by Gasteiger charge is -2.42. The van der Waals surface area contributed by atoms with E-state index in [-0.39, 0.29) is 75.5 Å². The molecule has 2 saturated heterocycles. The summed E-state index contributed by atoms with van der Waals surface area (Å²) in [5, 5.41) is 20.6. The van der Waals surface area contributed by atoms with Crippen LogP contribution in [0.4, 0.5) is 0 Å². The van der Waals surface area contributed by atoms with Gasteiger partial charge in [0.1, 0.15) is 60.4 Å². The number of fused-ring (bicyclic) bond motifs is 1. The quantitative estimate of drug-likeness (QED) is 0.171. The van der Waals surface area contributed by atoms with Crippen LogP contribution in [0.2, 0.25) is 0 Å². The van der Waals surface area contributed by atoms with Crippen molar-refractivity contribution in [2.24, 2.45) is 41.4 Å². The Morgan fingerprint density at radius 3 is 1.47 bits per heavy atom. The summed E-state index contributed by atoms with van der Waals surface area (Å²) in [5.41, 5.74) is 0.453. The molecule has 0 aromatic heterocycles. The highest BCUT2D eigenvalue weighted by molar-refractivity contribution is 6.00. The van der Waals surface area contributed by atoms with Crippen LogP contribution in [0.5, 0.6) is 0 Å². The number of nitrogens with one attached hydrogen (secondary N) is 3. The summed E-state index contributed by atoms with van der Waals surface area (Å²) in [7, 11) is 9.94. The van der Waals surface area contributed by atoms with Crippen LogP contribution in [0.25, 0.3) is 0 Å². The minimum absolute atomic E-state index is 0.000800. The predicted octanol–water partition coefficient (Wildman–Crippen LogP) is 3.55. The maximum Gasteiger partial charge on any atom is 0.248 e. The molecule has 2 rings (SSSR count). The lowest BCUT2D eigenvalue weighted by molar-refractivity contribution is -0.158.